The summed E-state index contributed by atoms with van der Waals surface area (Å²) in [6, 6.07) is 7.53. The topological polar surface area (TPSA) is 72.9 Å². The number of anilines is 2. The number of likely N-dealkylation sites (tertiary alicyclic amines) is 1. The van der Waals surface area contributed by atoms with E-state index in [9.17, 15) is 36.6 Å². The maximum atomic E-state index is 13.4. The van der Waals surface area contributed by atoms with Gasteiger partial charge in [0.15, 0.2) is 0 Å². The minimum atomic E-state index is -4.68. The summed E-state index contributed by atoms with van der Waals surface area (Å²) < 4.78 is 66.9. The summed E-state index contributed by atoms with van der Waals surface area (Å²) >= 11 is 0. The summed E-state index contributed by atoms with van der Waals surface area (Å²) in [7, 11) is 0. The molecule has 37 heavy (non-hydrogen) atoms. The number of amides is 3. The lowest BCUT2D eigenvalue weighted by Crippen LogP contribution is -2.62. The Labute approximate surface area is 209 Å². The number of hydrogen-bond donors (Lipinski definition) is 2. The number of carbonyl (C=O) groups is 2. The second kappa shape index (κ2) is 9.13. The Hall–Kier alpha value is -3.47. The lowest BCUT2D eigenvalue weighted by Gasteiger charge is -2.43. The Balaban J connectivity index is 1.44. The Kier molecular flexibility index (Phi) is 6.21. The van der Waals surface area contributed by atoms with Gasteiger partial charge in [-0.3, -0.25) is 9.69 Å². The van der Waals surface area contributed by atoms with Crippen molar-refractivity contribution in [2.75, 3.05) is 29.9 Å². The van der Waals surface area contributed by atoms with Crippen molar-refractivity contribution in [2.24, 2.45) is 0 Å². The van der Waals surface area contributed by atoms with Gasteiger partial charge >= 0.3 is 12.2 Å². The molecule has 11 heteroatoms. The van der Waals surface area contributed by atoms with E-state index in [4.69, 9.17) is 0 Å². The van der Waals surface area contributed by atoms with E-state index >= 15 is 0 Å². The number of rotatable bonds is 2. The Bertz CT molecular complexity index is 1280. The smallest absolute Gasteiger partial charge is 0.393 e. The molecule has 6 nitrogen and oxygen atoms in total. The standard InChI is InChI=1S/C26H24F5N3O3/c27-25(28)13-33(14-25)24(37)34-9-8-16(19-7-5-17(11-22(19)34)26(29,30)31)10-23(36)32-21-3-1-2-15-4-6-18(35)12-20(15)21/h1-3,5,7,10-11,18,35H,4,6,8-9,12-14H2,(H,32,36). The summed E-state index contributed by atoms with van der Waals surface area (Å²) in [6.45, 7) is -1.66. The van der Waals surface area contributed by atoms with Crippen LogP contribution in [0.15, 0.2) is 42.5 Å². The van der Waals surface area contributed by atoms with Crippen LogP contribution in [0.3, 0.4) is 0 Å². The van der Waals surface area contributed by atoms with Crippen LogP contribution in [0, 0.1) is 0 Å². The first-order valence-electron chi connectivity index (χ1n) is 11.9. The zero-order valence-electron chi connectivity index (χ0n) is 19.6. The molecule has 1 unspecified atom stereocenters. The van der Waals surface area contributed by atoms with Gasteiger partial charge in [-0.1, -0.05) is 18.2 Å². The average molecular weight is 521 g/mol. The maximum absolute atomic E-state index is 13.4. The van der Waals surface area contributed by atoms with E-state index in [1.807, 2.05) is 6.07 Å². The van der Waals surface area contributed by atoms with Crippen LogP contribution in [-0.2, 0) is 23.8 Å². The predicted octanol–water partition coefficient (Wildman–Crippen LogP) is 4.86. The fourth-order valence-electron chi connectivity index (χ4n) is 5.07. The first-order valence-corrected chi connectivity index (χ1v) is 11.9. The molecule has 1 saturated heterocycles. The number of benzene rings is 2. The molecule has 1 atom stereocenters. The Morgan fingerprint density at radius 1 is 1.11 bits per heavy atom. The van der Waals surface area contributed by atoms with Crippen molar-refractivity contribution in [3.05, 3.63) is 64.7 Å². The SMILES string of the molecule is O=C(C=C1CCN(C(=O)N2CC(F)(F)C2)c2cc(C(F)(F)F)ccc21)Nc1cccc2c1CC(O)CC2. The van der Waals surface area contributed by atoms with Crippen LogP contribution in [0.2, 0.25) is 0 Å². The van der Waals surface area contributed by atoms with Crippen LogP contribution in [0.5, 0.6) is 0 Å². The molecule has 0 spiro atoms. The highest BCUT2D eigenvalue weighted by Crippen LogP contribution is 2.41. The summed E-state index contributed by atoms with van der Waals surface area (Å²) in [5.74, 6) is -3.52. The van der Waals surface area contributed by atoms with Gasteiger partial charge in [0, 0.05) is 30.3 Å². The fourth-order valence-corrected chi connectivity index (χ4v) is 5.07. The molecule has 0 radical (unpaired) electrons. The van der Waals surface area contributed by atoms with Gasteiger partial charge in [0.1, 0.15) is 0 Å². The minimum Gasteiger partial charge on any atom is -0.393 e. The van der Waals surface area contributed by atoms with Gasteiger partial charge in [-0.15, -0.1) is 0 Å². The molecule has 2 aromatic rings. The molecule has 2 aromatic carbocycles. The number of urea groups is 1. The number of aliphatic hydroxyl groups is 1. The number of aliphatic hydroxyl groups excluding tert-OH is 1. The molecule has 3 amide bonds. The second-order valence-corrected chi connectivity index (χ2v) is 9.62. The number of alkyl halides is 5. The number of halogens is 5. The van der Waals surface area contributed by atoms with Gasteiger partial charge in [0.2, 0.25) is 5.91 Å². The van der Waals surface area contributed by atoms with Gasteiger partial charge in [0.05, 0.1) is 30.4 Å². The van der Waals surface area contributed by atoms with Crippen LogP contribution in [0.4, 0.5) is 38.1 Å². The number of nitrogens with one attached hydrogen (secondary N) is 1. The van der Waals surface area contributed by atoms with Crippen LogP contribution in [0.25, 0.3) is 5.57 Å². The zero-order valence-corrected chi connectivity index (χ0v) is 19.6. The minimum absolute atomic E-state index is 0.0682. The van der Waals surface area contributed by atoms with E-state index in [0.717, 1.165) is 33.1 Å². The summed E-state index contributed by atoms with van der Waals surface area (Å²) in [5.41, 5.74) is 2.03. The van der Waals surface area contributed by atoms with E-state index in [0.29, 0.717) is 30.5 Å². The molecule has 2 heterocycles. The molecule has 1 fully saturated rings. The van der Waals surface area contributed by atoms with Crippen molar-refractivity contribution in [1.29, 1.82) is 0 Å². The summed E-state index contributed by atoms with van der Waals surface area (Å²) in [6.07, 6.45) is -2.04. The van der Waals surface area contributed by atoms with Crippen molar-refractivity contribution in [3.63, 3.8) is 0 Å². The Morgan fingerprint density at radius 2 is 1.86 bits per heavy atom. The third-order valence-corrected chi connectivity index (χ3v) is 6.94. The Morgan fingerprint density at radius 3 is 2.57 bits per heavy atom. The number of fused-ring (bicyclic) bond motifs is 2. The molecule has 196 valence electrons. The van der Waals surface area contributed by atoms with Crippen LogP contribution in [-0.4, -0.2) is 53.6 Å². The number of nitrogens with zero attached hydrogens (tertiary/aromatic N) is 2. The molecule has 0 saturated carbocycles. The molecule has 5 rings (SSSR count). The third-order valence-electron chi connectivity index (χ3n) is 6.94. The highest BCUT2D eigenvalue weighted by Gasteiger charge is 2.48. The maximum Gasteiger partial charge on any atom is 0.416 e. The molecule has 2 N–H and O–H groups in total. The number of carbonyl (C=O) groups excluding carboxylic acids is 2. The van der Waals surface area contributed by atoms with Crippen molar-refractivity contribution in [3.8, 4) is 0 Å². The van der Waals surface area contributed by atoms with E-state index in [2.05, 4.69) is 5.32 Å². The van der Waals surface area contributed by atoms with Crippen LogP contribution >= 0.6 is 0 Å². The van der Waals surface area contributed by atoms with E-state index in [1.54, 1.807) is 12.1 Å². The van der Waals surface area contributed by atoms with Crippen molar-refractivity contribution >= 4 is 28.9 Å². The molecular formula is C26H24F5N3O3. The molecule has 0 aromatic heterocycles. The number of hydrogen-bond acceptors (Lipinski definition) is 3. The van der Waals surface area contributed by atoms with Crippen molar-refractivity contribution in [1.82, 2.24) is 4.90 Å². The van der Waals surface area contributed by atoms with E-state index in [-0.39, 0.29) is 24.2 Å². The fraction of sp³-hybridized carbons (Fsp3) is 0.385. The molecule has 3 aliphatic rings. The molecule has 1 aliphatic carbocycles. The monoisotopic (exact) mass is 521 g/mol. The largest absolute Gasteiger partial charge is 0.416 e. The zero-order chi connectivity index (χ0) is 26.5. The van der Waals surface area contributed by atoms with Crippen molar-refractivity contribution in [2.45, 2.75) is 43.9 Å². The normalized spacial score (nSPS) is 21.7. The number of aryl methyl sites for hydroxylation is 1. The lowest BCUT2D eigenvalue weighted by molar-refractivity contribution is -0.137. The highest BCUT2D eigenvalue weighted by molar-refractivity contribution is 6.07. The molecule has 2 aliphatic heterocycles. The first-order chi connectivity index (χ1) is 17.4. The van der Waals surface area contributed by atoms with Crippen molar-refractivity contribution < 1.29 is 36.6 Å². The van der Waals surface area contributed by atoms with Crippen LogP contribution < -0.4 is 10.2 Å². The van der Waals surface area contributed by atoms with Gasteiger partial charge in [-0.25, -0.2) is 13.6 Å². The van der Waals surface area contributed by atoms with Gasteiger partial charge in [-0.05, 0) is 54.2 Å². The van der Waals surface area contributed by atoms with Gasteiger partial charge < -0.3 is 15.3 Å². The van der Waals surface area contributed by atoms with Gasteiger partial charge in [-0.2, -0.15) is 13.2 Å². The van der Waals surface area contributed by atoms with E-state index in [1.165, 1.54) is 12.1 Å². The molecular weight excluding hydrogens is 497 g/mol. The third kappa shape index (κ3) is 5.04. The second-order valence-electron chi connectivity index (χ2n) is 9.62. The summed E-state index contributed by atoms with van der Waals surface area (Å²) in [4.78, 5) is 27.7. The summed E-state index contributed by atoms with van der Waals surface area (Å²) in [5, 5.41) is 12.8. The van der Waals surface area contributed by atoms with E-state index < -0.39 is 48.8 Å². The lowest BCUT2D eigenvalue weighted by atomic mass is 9.88. The van der Waals surface area contributed by atoms with Gasteiger partial charge in [0.25, 0.3) is 5.92 Å². The molecule has 0 bridgehead atoms. The quantitative estimate of drug-likeness (QED) is 0.438. The average Bonchev–Trinajstić information content (AvgIpc) is 2.81. The first kappa shape index (κ1) is 25.2. The highest BCUT2D eigenvalue weighted by atomic mass is 19.4. The van der Waals surface area contributed by atoms with Crippen LogP contribution in [0.1, 0.15) is 35.1 Å². The predicted molar refractivity (Wildman–Crippen MR) is 126 cm³/mol.